The first-order chi connectivity index (χ1) is 15.0. The van der Waals surface area contributed by atoms with Gasteiger partial charge in [-0.2, -0.15) is 0 Å². The van der Waals surface area contributed by atoms with Crippen molar-refractivity contribution in [2.45, 2.75) is 6.10 Å². The third kappa shape index (κ3) is 3.49. The zero-order chi connectivity index (χ0) is 22.7. The van der Waals surface area contributed by atoms with Crippen molar-refractivity contribution < 1.29 is 42.7 Å². The number of benzene rings is 1. The van der Waals surface area contributed by atoms with Crippen molar-refractivity contribution in [3.05, 3.63) is 52.6 Å². The van der Waals surface area contributed by atoms with Crippen LogP contribution < -0.4 is 9.47 Å². The van der Waals surface area contributed by atoms with Crippen molar-refractivity contribution >= 4 is 11.5 Å². The van der Waals surface area contributed by atoms with Crippen LogP contribution in [-0.2, 0) is 33.2 Å². The number of Topliss-reactive ketones (excluding diaryl/α,β-unsaturated/α-hetero) is 1. The lowest BCUT2D eigenvalue weighted by Gasteiger charge is -2.38. The summed E-state index contributed by atoms with van der Waals surface area (Å²) in [6.07, 6.45) is -0.858. The number of fused-ring (bicyclic) bond motifs is 1. The highest BCUT2D eigenvalue weighted by atomic mass is 16.6. The first kappa shape index (κ1) is 22.2. The smallest absolute Gasteiger partial charge is 0.216 e. The summed E-state index contributed by atoms with van der Waals surface area (Å²) in [5.41, 5.74) is 0.566. The Kier molecular flexibility index (Phi) is 6.53. The Morgan fingerprint density at radius 3 is 1.77 bits per heavy atom. The molecular weight excluding hydrogens is 408 g/mol. The van der Waals surface area contributed by atoms with E-state index in [1.54, 1.807) is 25.3 Å². The van der Waals surface area contributed by atoms with Gasteiger partial charge in [-0.1, -0.05) is 0 Å². The van der Waals surface area contributed by atoms with Crippen LogP contribution in [0.2, 0.25) is 0 Å². The van der Waals surface area contributed by atoms with Gasteiger partial charge in [-0.25, -0.2) is 0 Å². The molecule has 0 N–H and O–H groups in total. The van der Waals surface area contributed by atoms with E-state index in [-0.39, 0.29) is 34.6 Å². The fraction of sp³-hybridized carbons (Fsp3) is 0.409. The highest BCUT2D eigenvalue weighted by Gasteiger charge is 2.52. The quantitative estimate of drug-likeness (QED) is 0.612. The second kappa shape index (κ2) is 9.11. The second-order valence-corrected chi connectivity index (χ2v) is 6.52. The fourth-order valence-corrected chi connectivity index (χ4v) is 3.78. The van der Waals surface area contributed by atoms with E-state index < -0.39 is 12.0 Å². The number of ether oxygens (including phenoxy) is 8. The Balaban J connectivity index is 2.22. The average Bonchev–Trinajstić information content (AvgIpc) is 2.81. The summed E-state index contributed by atoms with van der Waals surface area (Å²) < 4.78 is 44.5. The normalized spacial score (nSPS) is 20.7. The van der Waals surface area contributed by atoms with Gasteiger partial charge in [-0.3, -0.25) is 4.79 Å². The van der Waals surface area contributed by atoms with Gasteiger partial charge in [0.25, 0.3) is 0 Å². The van der Waals surface area contributed by atoms with Crippen LogP contribution in [0.3, 0.4) is 0 Å². The maximum atomic E-state index is 13.5. The van der Waals surface area contributed by atoms with Crippen LogP contribution in [0.1, 0.15) is 5.56 Å². The third-order valence-corrected chi connectivity index (χ3v) is 5.15. The molecule has 0 radical (unpaired) electrons. The molecule has 9 nitrogen and oxygen atoms in total. The molecule has 0 saturated carbocycles. The van der Waals surface area contributed by atoms with Crippen LogP contribution in [0.25, 0.3) is 5.76 Å². The molecule has 168 valence electrons. The Morgan fingerprint density at radius 2 is 1.26 bits per heavy atom. The molecule has 0 fully saturated rings. The molecule has 1 aromatic carbocycles. The minimum Gasteiger partial charge on any atom is -0.496 e. The van der Waals surface area contributed by atoms with Crippen molar-refractivity contribution in [3.8, 4) is 11.5 Å². The topological polar surface area (TPSA) is 90.9 Å². The Morgan fingerprint density at radius 1 is 0.677 bits per heavy atom. The van der Waals surface area contributed by atoms with E-state index in [4.69, 9.17) is 37.9 Å². The van der Waals surface area contributed by atoms with Crippen LogP contribution >= 0.6 is 0 Å². The van der Waals surface area contributed by atoms with E-state index >= 15 is 0 Å². The van der Waals surface area contributed by atoms with Gasteiger partial charge in [-0.15, -0.1) is 0 Å². The number of carbonyl (C=O) groups is 1. The molecule has 1 heterocycles. The SMILES string of the molecule is COC1=C(c2ccc(OC)c(OC)c2)OC2C(OC)=C(OC)C(OC)=C(OC)C2C1=O. The van der Waals surface area contributed by atoms with Gasteiger partial charge in [0.05, 0.1) is 49.8 Å². The summed E-state index contributed by atoms with van der Waals surface area (Å²) >= 11 is 0. The molecule has 0 bridgehead atoms. The molecule has 31 heavy (non-hydrogen) atoms. The zero-order valence-electron chi connectivity index (χ0n) is 18.6. The van der Waals surface area contributed by atoms with Crippen molar-refractivity contribution in [2.24, 2.45) is 5.92 Å². The lowest BCUT2D eigenvalue weighted by atomic mass is 9.84. The molecule has 2 atom stereocenters. The Labute approximate surface area is 180 Å². The zero-order valence-corrected chi connectivity index (χ0v) is 18.6. The van der Waals surface area contributed by atoms with Gasteiger partial charge in [0.2, 0.25) is 23.1 Å². The lowest BCUT2D eigenvalue weighted by molar-refractivity contribution is -0.128. The van der Waals surface area contributed by atoms with Crippen LogP contribution in [0, 0.1) is 5.92 Å². The summed E-state index contributed by atoms with van der Waals surface area (Å²) in [5.74, 6) is 1.15. The van der Waals surface area contributed by atoms with E-state index in [2.05, 4.69) is 0 Å². The largest absolute Gasteiger partial charge is 0.496 e. The van der Waals surface area contributed by atoms with Crippen molar-refractivity contribution in [1.82, 2.24) is 0 Å². The van der Waals surface area contributed by atoms with E-state index in [0.29, 0.717) is 22.8 Å². The summed E-state index contributed by atoms with van der Waals surface area (Å²) in [5, 5.41) is 0. The maximum Gasteiger partial charge on any atom is 0.216 e. The van der Waals surface area contributed by atoms with Gasteiger partial charge in [0.1, 0.15) is 5.92 Å². The van der Waals surface area contributed by atoms with Gasteiger partial charge in [-0.05, 0) is 18.2 Å². The first-order valence-electron chi connectivity index (χ1n) is 9.37. The molecule has 3 rings (SSSR count). The van der Waals surface area contributed by atoms with Gasteiger partial charge >= 0.3 is 0 Å². The van der Waals surface area contributed by atoms with Crippen LogP contribution in [0.4, 0.5) is 0 Å². The molecule has 1 aromatic rings. The average molecular weight is 434 g/mol. The van der Waals surface area contributed by atoms with E-state index in [1.807, 2.05) is 0 Å². The second-order valence-electron chi connectivity index (χ2n) is 6.52. The molecule has 0 amide bonds. The molecule has 2 aliphatic rings. The third-order valence-electron chi connectivity index (χ3n) is 5.15. The Hall–Kier alpha value is -3.49. The number of methoxy groups -OCH3 is 7. The van der Waals surface area contributed by atoms with Crippen molar-refractivity contribution in [1.29, 1.82) is 0 Å². The van der Waals surface area contributed by atoms with Crippen LogP contribution in [0.15, 0.2) is 47.0 Å². The number of allylic oxidation sites excluding steroid dienone is 1. The van der Waals surface area contributed by atoms with Crippen molar-refractivity contribution in [3.63, 3.8) is 0 Å². The molecule has 2 unspecified atom stereocenters. The minimum absolute atomic E-state index is 0.0368. The molecule has 0 spiro atoms. The summed E-state index contributed by atoms with van der Waals surface area (Å²) in [7, 11) is 10.3. The maximum absolute atomic E-state index is 13.5. The number of hydrogen-bond acceptors (Lipinski definition) is 9. The molecule has 1 aliphatic carbocycles. The van der Waals surface area contributed by atoms with Crippen LogP contribution in [-0.4, -0.2) is 61.7 Å². The predicted octanol–water partition coefficient (Wildman–Crippen LogP) is 2.63. The van der Waals surface area contributed by atoms with Crippen molar-refractivity contribution in [2.75, 3.05) is 49.8 Å². The lowest BCUT2D eigenvalue weighted by Crippen LogP contribution is -2.43. The highest BCUT2D eigenvalue weighted by Crippen LogP contribution is 2.45. The van der Waals surface area contributed by atoms with E-state index in [0.717, 1.165) is 0 Å². The fourth-order valence-electron chi connectivity index (χ4n) is 3.78. The highest BCUT2D eigenvalue weighted by molar-refractivity contribution is 6.04. The molecule has 0 aromatic heterocycles. The number of hydrogen-bond donors (Lipinski definition) is 0. The predicted molar refractivity (Wildman–Crippen MR) is 109 cm³/mol. The van der Waals surface area contributed by atoms with Gasteiger partial charge in [0, 0.05) is 5.56 Å². The number of rotatable bonds is 8. The summed E-state index contributed by atoms with van der Waals surface area (Å²) in [4.78, 5) is 13.5. The molecular formula is C22H26O9. The minimum atomic E-state index is -0.882. The van der Waals surface area contributed by atoms with Gasteiger partial charge < -0.3 is 37.9 Å². The molecule has 9 heteroatoms. The van der Waals surface area contributed by atoms with E-state index in [1.165, 1.54) is 42.7 Å². The Bertz CT molecular complexity index is 958. The number of ketones is 1. The molecule has 1 aliphatic heterocycles. The van der Waals surface area contributed by atoms with E-state index in [9.17, 15) is 4.79 Å². The van der Waals surface area contributed by atoms with Crippen LogP contribution in [0.5, 0.6) is 11.5 Å². The first-order valence-corrected chi connectivity index (χ1v) is 9.37. The summed E-state index contributed by atoms with van der Waals surface area (Å²) in [6.45, 7) is 0. The monoisotopic (exact) mass is 434 g/mol. The summed E-state index contributed by atoms with van der Waals surface area (Å²) in [6, 6.07) is 5.16. The number of carbonyl (C=O) groups excluding carboxylic acids is 1. The standard InChI is InChI=1S/C22H26O9/c1-24-12-9-8-11(10-13(12)25-2)16-19(27-4)15(23)14-17(26-3)20(28-5)22(30-7)21(29-6)18(14)31-16/h8-10,14,18H,1-7H3. The van der Waals surface area contributed by atoms with Gasteiger partial charge in [0.15, 0.2) is 34.9 Å². The molecule has 0 saturated heterocycles.